The van der Waals surface area contributed by atoms with Gasteiger partial charge in [-0.2, -0.15) is 5.26 Å². The SMILES string of the molecule is C=CC(=O)N1CCN(C2C3CC[C@]4(CC3NC(OC[C@@H]3CCCN3C)N2C2CCCCCC2)CN(C)c2ccc(O)cc24)C[C@@H]1CC#N. The summed E-state index contributed by atoms with van der Waals surface area (Å²) in [6.07, 6.45) is 14.6. The van der Waals surface area contributed by atoms with Crippen LogP contribution in [-0.4, -0.2) is 121 Å². The van der Waals surface area contributed by atoms with Gasteiger partial charge in [0.15, 0.2) is 6.35 Å². The van der Waals surface area contributed by atoms with Crippen molar-refractivity contribution in [2.75, 3.05) is 58.3 Å². The Bertz CT molecular complexity index is 1360. The number of likely N-dealkylation sites (N-methyl/N-ethyl adjacent to an activating group) is 2. The molecule has 4 aliphatic heterocycles. The average molecular weight is 660 g/mol. The van der Waals surface area contributed by atoms with Crippen molar-refractivity contribution in [2.45, 2.75) is 119 Å². The van der Waals surface area contributed by atoms with Crippen LogP contribution in [0.25, 0.3) is 0 Å². The lowest BCUT2D eigenvalue weighted by Gasteiger charge is -2.60. The minimum absolute atomic E-state index is 0.0271. The topological polar surface area (TPSA) is 98.6 Å². The summed E-state index contributed by atoms with van der Waals surface area (Å²) in [6, 6.07) is 9.25. The first kappa shape index (κ1) is 33.8. The zero-order valence-electron chi connectivity index (χ0n) is 29.2. The van der Waals surface area contributed by atoms with E-state index in [4.69, 9.17) is 4.74 Å². The van der Waals surface area contributed by atoms with Crippen molar-refractivity contribution < 1.29 is 14.6 Å². The van der Waals surface area contributed by atoms with Gasteiger partial charge in [-0.3, -0.25) is 15.0 Å². The number of carbonyl (C=O) groups is 1. The second kappa shape index (κ2) is 14.3. The molecule has 4 heterocycles. The maximum atomic E-state index is 12.9. The molecule has 6 aliphatic rings. The summed E-state index contributed by atoms with van der Waals surface area (Å²) in [5.74, 6) is 0.647. The van der Waals surface area contributed by atoms with Gasteiger partial charge >= 0.3 is 0 Å². The Labute approximate surface area is 287 Å². The molecule has 4 unspecified atom stereocenters. The zero-order chi connectivity index (χ0) is 33.4. The van der Waals surface area contributed by atoms with Crippen molar-refractivity contribution in [3.63, 3.8) is 0 Å². The van der Waals surface area contributed by atoms with E-state index in [9.17, 15) is 15.2 Å². The highest BCUT2D eigenvalue weighted by Gasteiger charge is 2.56. The number of likely N-dealkylation sites (tertiary alicyclic amines) is 1. The second-order valence-corrected chi connectivity index (χ2v) is 15.7. The fraction of sp³-hybridized carbons (Fsp3) is 0.737. The fourth-order valence-corrected chi connectivity index (χ4v) is 10.5. The number of fused-ring (bicyclic) bond motifs is 3. The first-order valence-electron chi connectivity index (χ1n) is 18.8. The van der Waals surface area contributed by atoms with Crippen LogP contribution in [0, 0.1) is 17.2 Å². The first-order chi connectivity index (χ1) is 23.3. The predicted octanol–water partition coefficient (Wildman–Crippen LogP) is 4.21. The molecular formula is C38H57N7O3. The summed E-state index contributed by atoms with van der Waals surface area (Å²) >= 11 is 0. The molecule has 10 heteroatoms. The Balaban J connectivity index is 1.24. The summed E-state index contributed by atoms with van der Waals surface area (Å²) in [4.78, 5) is 25.0. The Morgan fingerprint density at radius 2 is 1.92 bits per heavy atom. The monoisotopic (exact) mass is 659 g/mol. The maximum Gasteiger partial charge on any atom is 0.246 e. The molecule has 1 spiro atoms. The number of nitrogens with one attached hydrogen (secondary N) is 1. The molecule has 2 saturated carbocycles. The number of piperazine rings is 1. The lowest BCUT2D eigenvalue weighted by molar-refractivity contribution is -0.215. The van der Waals surface area contributed by atoms with Gasteiger partial charge in [-0.15, -0.1) is 0 Å². The van der Waals surface area contributed by atoms with Gasteiger partial charge in [0.1, 0.15) is 5.75 Å². The molecule has 0 aromatic heterocycles. The highest BCUT2D eigenvalue weighted by molar-refractivity contribution is 5.87. The van der Waals surface area contributed by atoms with E-state index in [1.165, 1.54) is 68.7 Å². The van der Waals surface area contributed by atoms with Gasteiger partial charge in [-0.25, -0.2) is 4.90 Å². The van der Waals surface area contributed by atoms with E-state index in [0.717, 1.165) is 38.9 Å². The van der Waals surface area contributed by atoms with Crippen LogP contribution in [0.1, 0.15) is 82.6 Å². The number of ether oxygens (including phenoxy) is 1. The van der Waals surface area contributed by atoms with E-state index in [-0.39, 0.29) is 35.9 Å². The van der Waals surface area contributed by atoms with Crippen LogP contribution in [0.15, 0.2) is 30.9 Å². The van der Waals surface area contributed by atoms with Crippen LogP contribution in [0.2, 0.25) is 0 Å². The smallest absolute Gasteiger partial charge is 0.246 e. The zero-order valence-corrected chi connectivity index (χ0v) is 29.2. The van der Waals surface area contributed by atoms with E-state index >= 15 is 0 Å². The van der Waals surface area contributed by atoms with E-state index in [0.29, 0.717) is 49.9 Å². The molecule has 262 valence electrons. The number of hydrogen-bond acceptors (Lipinski definition) is 9. The van der Waals surface area contributed by atoms with E-state index in [1.54, 1.807) is 0 Å². The van der Waals surface area contributed by atoms with Crippen LogP contribution in [-0.2, 0) is 14.9 Å². The Morgan fingerprint density at radius 3 is 2.65 bits per heavy atom. The third-order valence-corrected chi connectivity index (χ3v) is 12.9. The van der Waals surface area contributed by atoms with Gasteiger partial charge in [0.25, 0.3) is 0 Å². The first-order valence-corrected chi connectivity index (χ1v) is 18.8. The number of nitrogens with zero attached hydrogens (tertiary/aromatic N) is 6. The summed E-state index contributed by atoms with van der Waals surface area (Å²) in [5.41, 5.74) is 2.49. The number of rotatable bonds is 7. The molecule has 3 saturated heterocycles. The maximum absolute atomic E-state index is 12.9. The summed E-state index contributed by atoms with van der Waals surface area (Å²) < 4.78 is 7.09. The molecule has 7 atom stereocenters. The van der Waals surface area contributed by atoms with E-state index in [1.807, 2.05) is 17.0 Å². The quantitative estimate of drug-likeness (QED) is 0.330. The molecule has 2 N–H and O–H groups in total. The minimum Gasteiger partial charge on any atom is -0.508 e. The molecule has 1 amide bonds. The fourth-order valence-electron chi connectivity index (χ4n) is 10.5. The molecular weight excluding hydrogens is 602 g/mol. The van der Waals surface area contributed by atoms with Gasteiger partial charge < -0.3 is 24.5 Å². The molecule has 48 heavy (non-hydrogen) atoms. The van der Waals surface area contributed by atoms with Crippen molar-refractivity contribution >= 4 is 11.6 Å². The number of hydrogen-bond donors (Lipinski definition) is 2. The van der Waals surface area contributed by atoms with E-state index in [2.05, 4.69) is 57.7 Å². The van der Waals surface area contributed by atoms with Crippen molar-refractivity contribution in [1.82, 2.24) is 24.9 Å². The van der Waals surface area contributed by atoms with Crippen LogP contribution >= 0.6 is 0 Å². The number of amides is 1. The van der Waals surface area contributed by atoms with Gasteiger partial charge in [0, 0.05) is 68.4 Å². The van der Waals surface area contributed by atoms with Crippen LogP contribution in [0.3, 0.4) is 0 Å². The number of phenolic OH excluding ortho intramolecular Hbond substituents is 1. The standard InChI is InChI=1S/C38H57N7O3/c1-4-35(47)44-21-20-43(24-28(44)16-18-39)36-31-15-17-38(26-42(3)34-14-13-30(46)22-32(34)38)23-33(31)40-37(48-25-29-12-9-19-41(29)2)45(36)27-10-7-5-6-8-11-27/h4,13-14,22,27-29,31,33,36-37,40,46H,1,5-12,15-17,19-21,23-26H2,2-3H3/t28-,29-,31?,33?,36?,37?,38-/m0/s1. The molecule has 7 rings (SSSR count). The van der Waals surface area contributed by atoms with Gasteiger partial charge in [-0.1, -0.05) is 32.3 Å². The highest BCUT2D eigenvalue weighted by Crippen LogP contribution is 2.53. The molecule has 2 aliphatic carbocycles. The summed E-state index contributed by atoms with van der Waals surface area (Å²) in [5, 5.41) is 24.6. The average Bonchev–Trinajstić information content (AvgIpc) is 3.47. The van der Waals surface area contributed by atoms with Crippen molar-refractivity contribution in [1.29, 1.82) is 5.26 Å². The molecule has 1 aromatic carbocycles. The summed E-state index contributed by atoms with van der Waals surface area (Å²) in [7, 11) is 4.41. The number of nitriles is 1. The molecule has 1 aromatic rings. The van der Waals surface area contributed by atoms with Gasteiger partial charge in [0.05, 0.1) is 31.3 Å². The van der Waals surface area contributed by atoms with Gasteiger partial charge in [-0.05, 0) is 88.4 Å². The van der Waals surface area contributed by atoms with Crippen molar-refractivity contribution in [3.05, 3.63) is 36.4 Å². The lowest BCUT2D eigenvalue weighted by atomic mass is 9.64. The number of phenols is 1. The second-order valence-electron chi connectivity index (χ2n) is 15.7. The third-order valence-electron chi connectivity index (χ3n) is 12.9. The Hall–Kier alpha value is -2.68. The minimum atomic E-state index is -0.200. The highest BCUT2D eigenvalue weighted by atomic mass is 16.5. The summed E-state index contributed by atoms with van der Waals surface area (Å²) in [6.45, 7) is 8.63. The third kappa shape index (κ3) is 6.37. The van der Waals surface area contributed by atoms with Crippen LogP contribution in [0.4, 0.5) is 5.69 Å². The lowest BCUT2D eigenvalue weighted by Crippen LogP contribution is -2.75. The molecule has 0 radical (unpaired) electrons. The van der Waals surface area contributed by atoms with Crippen LogP contribution in [0.5, 0.6) is 5.75 Å². The van der Waals surface area contributed by atoms with Crippen LogP contribution < -0.4 is 10.2 Å². The Kier molecular flexibility index (Phi) is 10.1. The van der Waals surface area contributed by atoms with Crippen molar-refractivity contribution in [3.8, 4) is 11.8 Å². The Morgan fingerprint density at radius 1 is 1.10 bits per heavy atom. The number of benzene rings is 1. The number of carbonyl (C=O) groups excluding carboxylic acids is 1. The van der Waals surface area contributed by atoms with Crippen molar-refractivity contribution in [2.24, 2.45) is 5.92 Å². The number of anilines is 1. The molecule has 10 nitrogen and oxygen atoms in total. The van der Waals surface area contributed by atoms with E-state index < -0.39 is 0 Å². The molecule has 0 bridgehead atoms. The largest absolute Gasteiger partial charge is 0.508 e. The normalized spacial score (nSPS) is 35.3. The predicted molar refractivity (Wildman–Crippen MR) is 187 cm³/mol. The number of aromatic hydroxyl groups is 1. The molecule has 5 fully saturated rings. The van der Waals surface area contributed by atoms with Gasteiger partial charge in [0.2, 0.25) is 5.91 Å².